The smallest absolute Gasteiger partial charge is 0.240 e. The van der Waals surface area contributed by atoms with Crippen LogP contribution in [0.4, 0.5) is 0 Å². The Bertz CT molecular complexity index is 274. The first-order valence-electron chi connectivity index (χ1n) is 7.29. The van der Waals surface area contributed by atoms with E-state index in [2.05, 4.69) is 0 Å². The zero-order valence-corrected chi connectivity index (χ0v) is 13.9. The molecule has 0 aromatic heterocycles. The van der Waals surface area contributed by atoms with Crippen molar-refractivity contribution in [2.45, 2.75) is 79.1 Å². The fraction of sp³-hybridized carbons (Fsp3) is 0.933. The molecule has 0 aliphatic heterocycles. The van der Waals surface area contributed by atoms with Crippen LogP contribution in [0.5, 0.6) is 0 Å². The van der Waals surface area contributed by atoms with Crippen LogP contribution in [-0.2, 0) is 4.79 Å². The second-order valence-corrected chi connectivity index (χ2v) is 6.48. The first-order chi connectivity index (χ1) is 8.51. The van der Waals surface area contributed by atoms with E-state index < -0.39 is 5.60 Å². The van der Waals surface area contributed by atoms with Gasteiger partial charge in [0.15, 0.2) is 0 Å². The molecule has 0 heterocycles. The van der Waals surface area contributed by atoms with Crippen LogP contribution in [0.2, 0.25) is 0 Å². The van der Waals surface area contributed by atoms with Crippen molar-refractivity contribution in [2.24, 2.45) is 0 Å². The molecule has 1 N–H and O–H groups in total. The maximum atomic E-state index is 12.6. The predicted octanol–water partition coefficient (Wildman–Crippen LogP) is 2.11. The Labute approximate surface area is 118 Å². The molecule has 1 unspecified atom stereocenters. The van der Waals surface area contributed by atoms with Crippen molar-refractivity contribution in [3.63, 3.8) is 0 Å². The lowest BCUT2D eigenvalue weighted by atomic mass is 10.1. The standard InChI is InChI=1S/C15H32N2O2/c1-9-16(10-15(7,8)19)13(6)14(18)17(11(2)3)12(4)5/h11-13,19H,9-10H2,1-8H3. The van der Waals surface area contributed by atoms with Crippen molar-refractivity contribution in [2.75, 3.05) is 13.1 Å². The first-order valence-corrected chi connectivity index (χ1v) is 7.29. The average molecular weight is 272 g/mol. The summed E-state index contributed by atoms with van der Waals surface area (Å²) in [6.45, 7) is 16.9. The fourth-order valence-corrected chi connectivity index (χ4v) is 2.50. The molecule has 0 aromatic carbocycles. The van der Waals surface area contributed by atoms with Gasteiger partial charge in [-0.2, -0.15) is 0 Å². The van der Waals surface area contributed by atoms with Crippen LogP contribution >= 0.6 is 0 Å². The molecule has 0 saturated heterocycles. The van der Waals surface area contributed by atoms with Gasteiger partial charge in [0.25, 0.3) is 0 Å². The zero-order valence-electron chi connectivity index (χ0n) is 13.9. The van der Waals surface area contributed by atoms with Gasteiger partial charge in [-0.3, -0.25) is 9.69 Å². The molecule has 1 amide bonds. The summed E-state index contributed by atoms with van der Waals surface area (Å²) >= 11 is 0. The highest BCUT2D eigenvalue weighted by Crippen LogP contribution is 2.14. The number of hydrogen-bond donors (Lipinski definition) is 1. The second kappa shape index (κ2) is 7.25. The average Bonchev–Trinajstić information content (AvgIpc) is 2.22. The normalized spacial score (nSPS) is 14.3. The van der Waals surface area contributed by atoms with E-state index in [0.29, 0.717) is 6.54 Å². The van der Waals surface area contributed by atoms with E-state index in [4.69, 9.17) is 0 Å². The molecule has 4 nitrogen and oxygen atoms in total. The van der Waals surface area contributed by atoms with Crippen molar-refractivity contribution < 1.29 is 9.90 Å². The fourth-order valence-electron chi connectivity index (χ4n) is 2.50. The van der Waals surface area contributed by atoms with E-state index in [1.807, 2.05) is 51.3 Å². The molecule has 0 aliphatic carbocycles. The van der Waals surface area contributed by atoms with Gasteiger partial charge in [-0.25, -0.2) is 0 Å². The summed E-state index contributed by atoms with van der Waals surface area (Å²) in [7, 11) is 0. The molecule has 0 fully saturated rings. The van der Waals surface area contributed by atoms with Crippen LogP contribution in [0.25, 0.3) is 0 Å². The van der Waals surface area contributed by atoms with E-state index in [1.54, 1.807) is 13.8 Å². The summed E-state index contributed by atoms with van der Waals surface area (Å²) in [4.78, 5) is 16.6. The van der Waals surface area contributed by atoms with Crippen molar-refractivity contribution >= 4 is 5.91 Å². The Morgan fingerprint density at radius 2 is 1.53 bits per heavy atom. The summed E-state index contributed by atoms with van der Waals surface area (Å²) in [5, 5.41) is 9.94. The lowest BCUT2D eigenvalue weighted by molar-refractivity contribution is -0.141. The number of carbonyl (C=O) groups excluding carboxylic acids is 1. The maximum absolute atomic E-state index is 12.6. The predicted molar refractivity (Wildman–Crippen MR) is 80.1 cm³/mol. The SMILES string of the molecule is CCN(CC(C)(C)O)C(C)C(=O)N(C(C)C)C(C)C. The molecule has 114 valence electrons. The molecule has 1 atom stereocenters. The van der Waals surface area contributed by atoms with E-state index in [0.717, 1.165) is 6.54 Å². The molecule has 0 aromatic rings. The highest BCUT2D eigenvalue weighted by molar-refractivity contribution is 5.82. The minimum atomic E-state index is -0.787. The Morgan fingerprint density at radius 3 is 1.79 bits per heavy atom. The zero-order chi connectivity index (χ0) is 15.4. The van der Waals surface area contributed by atoms with Gasteiger partial charge in [-0.1, -0.05) is 6.92 Å². The van der Waals surface area contributed by atoms with Gasteiger partial charge < -0.3 is 10.0 Å². The highest BCUT2D eigenvalue weighted by atomic mass is 16.3. The number of aliphatic hydroxyl groups is 1. The molecule has 0 spiro atoms. The Hall–Kier alpha value is -0.610. The van der Waals surface area contributed by atoms with E-state index in [9.17, 15) is 9.90 Å². The summed E-state index contributed by atoms with van der Waals surface area (Å²) in [5.74, 6) is 0.135. The Morgan fingerprint density at radius 1 is 1.11 bits per heavy atom. The monoisotopic (exact) mass is 272 g/mol. The molecule has 19 heavy (non-hydrogen) atoms. The number of nitrogens with zero attached hydrogens (tertiary/aromatic N) is 2. The molecule has 0 rings (SSSR count). The van der Waals surface area contributed by atoms with Crippen molar-refractivity contribution in [1.29, 1.82) is 0 Å². The van der Waals surface area contributed by atoms with Gasteiger partial charge in [0.1, 0.15) is 0 Å². The van der Waals surface area contributed by atoms with Gasteiger partial charge in [0.05, 0.1) is 11.6 Å². The Kier molecular flexibility index (Phi) is 7.01. The number of likely N-dealkylation sites (N-methyl/N-ethyl adjacent to an activating group) is 1. The number of carbonyl (C=O) groups is 1. The van der Waals surface area contributed by atoms with Gasteiger partial charge in [0.2, 0.25) is 5.91 Å². The van der Waals surface area contributed by atoms with Crippen LogP contribution in [-0.4, -0.2) is 57.6 Å². The highest BCUT2D eigenvalue weighted by Gasteiger charge is 2.30. The van der Waals surface area contributed by atoms with Gasteiger partial charge >= 0.3 is 0 Å². The van der Waals surface area contributed by atoms with Gasteiger partial charge in [0, 0.05) is 18.6 Å². The van der Waals surface area contributed by atoms with Crippen LogP contribution < -0.4 is 0 Å². The second-order valence-electron chi connectivity index (χ2n) is 6.48. The molecule has 0 saturated carbocycles. The van der Waals surface area contributed by atoms with Crippen LogP contribution in [0.15, 0.2) is 0 Å². The molecule has 0 radical (unpaired) electrons. The lowest BCUT2D eigenvalue weighted by Gasteiger charge is -2.38. The van der Waals surface area contributed by atoms with Crippen LogP contribution in [0.1, 0.15) is 55.4 Å². The third kappa shape index (κ3) is 5.91. The lowest BCUT2D eigenvalue weighted by Crippen LogP contribution is -2.54. The molecule has 0 bridgehead atoms. The van der Waals surface area contributed by atoms with Gasteiger partial charge in [-0.15, -0.1) is 0 Å². The quantitative estimate of drug-likeness (QED) is 0.772. The summed E-state index contributed by atoms with van der Waals surface area (Å²) < 4.78 is 0. The van der Waals surface area contributed by atoms with E-state index >= 15 is 0 Å². The number of rotatable bonds is 7. The molecular formula is C15H32N2O2. The van der Waals surface area contributed by atoms with Crippen molar-refractivity contribution in [1.82, 2.24) is 9.80 Å². The Balaban J connectivity index is 4.94. The van der Waals surface area contributed by atoms with E-state index in [-0.39, 0.29) is 24.0 Å². The van der Waals surface area contributed by atoms with Crippen molar-refractivity contribution in [3.8, 4) is 0 Å². The largest absolute Gasteiger partial charge is 0.389 e. The summed E-state index contributed by atoms with van der Waals surface area (Å²) in [5.41, 5.74) is -0.787. The molecule has 4 heteroatoms. The number of hydrogen-bond acceptors (Lipinski definition) is 3. The topological polar surface area (TPSA) is 43.8 Å². The first kappa shape index (κ1) is 18.4. The minimum Gasteiger partial charge on any atom is -0.389 e. The maximum Gasteiger partial charge on any atom is 0.240 e. The van der Waals surface area contributed by atoms with Crippen LogP contribution in [0.3, 0.4) is 0 Å². The number of amides is 1. The molecule has 0 aliphatic rings. The van der Waals surface area contributed by atoms with Gasteiger partial charge in [-0.05, 0) is 55.0 Å². The third-order valence-corrected chi connectivity index (χ3v) is 3.27. The van der Waals surface area contributed by atoms with Crippen molar-refractivity contribution in [3.05, 3.63) is 0 Å². The molecular weight excluding hydrogens is 240 g/mol. The third-order valence-electron chi connectivity index (χ3n) is 3.27. The summed E-state index contributed by atoms with van der Waals surface area (Å²) in [6.07, 6.45) is 0. The minimum absolute atomic E-state index is 0.135. The van der Waals surface area contributed by atoms with Crippen LogP contribution in [0, 0.1) is 0 Å². The van der Waals surface area contributed by atoms with E-state index in [1.165, 1.54) is 0 Å². The summed E-state index contributed by atoms with van der Waals surface area (Å²) in [6, 6.07) is 0.174.